The number of hydrogen-bond donors (Lipinski definition) is 0. The van der Waals surface area contributed by atoms with Crippen molar-refractivity contribution in [1.82, 2.24) is 19.6 Å². The van der Waals surface area contributed by atoms with Gasteiger partial charge in [-0.2, -0.15) is 0 Å². The molecule has 0 atom stereocenters. The maximum absolute atomic E-state index is 12.9. The lowest BCUT2D eigenvalue weighted by atomic mass is 9.95. The molecule has 0 aliphatic carbocycles. The summed E-state index contributed by atoms with van der Waals surface area (Å²) in [5.41, 5.74) is 0.896. The van der Waals surface area contributed by atoms with Gasteiger partial charge in [-0.05, 0) is 30.5 Å². The van der Waals surface area contributed by atoms with E-state index < -0.39 is 6.36 Å². The van der Waals surface area contributed by atoms with E-state index in [0.29, 0.717) is 58.7 Å². The van der Waals surface area contributed by atoms with Crippen molar-refractivity contribution < 1.29 is 27.5 Å². The van der Waals surface area contributed by atoms with E-state index in [4.69, 9.17) is 0 Å². The predicted molar refractivity (Wildman–Crippen MR) is 108 cm³/mol. The summed E-state index contributed by atoms with van der Waals surface area (Å²) in [5, 5.41) is 0. The Labute approximate surface area is 180 Å². The van der Waals surface area contributed by atoms with Crippen LogP contribution in [0.3, 0.4) is 0 Å². The highest BCUT2D eigenvalue weighted by Gasteiger charge is 2.32. The van der Waals surface area contributed by atoms with Gasteiger partial charge in [0, 0.05) is 65.8 Å². The van der Waals surface area contributed by atoms with Crippen LogP contribution in [-0.4, -0.2) is 91.3 Å². The Morgan fingerprint density at radius 1 is 0.968 bits per heavy atom. The summed E-state index contributed by atoms with van der Waals surface area (Å²) in [6.07, 6.45) is -3.32. The number of alkyl halides is 3. The number of likely N-dealkylation sites (tertiary alicyclic amines) is 1. The standard InChI is InChI=1S/C21H29F3N4O3/c1-25(2)20(30)28-9-7-17(8-10-28)19(29)27-13-11-26(12-14-27)15-16-3-5-18(6-4-16)31-21(22,23)24/h3-6,17H,7-15H2,1-2H3. The Hall–Kier alpha value is -2.49. The molecule has 2 aliphatic rings. The lowest BCUT2D eigenvalue weighted by molar-refractivity contribution is -0.274. The normalized spacial score (nSPS) is 18.7. The van der Waals surface area contributed by atoms with Crippen LogP contribution in [0.2, 0.25) is 0 Å². The number of benzene rings is 1. The van der Waals surface area contributed by atoms with Gasteiger partial charge in [0.05, 0.1) is 0 Å². The highest BCUT2D eigenvalue weighted by Crippen LogP contribution is 2.24. The fourth-order valence-electron chi connectivity index (χ4n) is 4.04. The summed E-state index contributed by atoms with van der Waals surface area (Å²) >= 11 is 0. The Balaban J connectivity index is 1.42. The Bertz CT molecular complexity index is 754. The summed E-state index contributed by atoms with van der Waals surface area (Å²) in [6, 6.07) is 5.87. The zero-order chi connectivity index (χ0) is 22.6. The summed E-state index contributed by atoms with van der Waals surface area (Å²) in [7, 11) is 3.45. The first kappa shape index (κ1) is 23.2. The van der Waals surface area contributed by atoms with Gasteiger partial charge in [0.25, 0.3) is 0 Å². The first-order valence-corrected chi connectivity index (χ1v) is 10.4. The van der Waals surface area contributed by atoms with Crippen LogP contribution in [-0.2, 0) is 11.3 Å². The lowest BCUT2D eigenvalue weighted by Gasteiger charge is -2.39. The maximum Gasteiger partial charge on any atom is 0.573 e. The molecule has 0 unspecified atom stereocenters. The number of rotatable bonds is 4. The van der Waals surface area contributed by atoms with Crippen molar-refractivity contribution in [3.05, 3.63) is 29.8 Å². The number of halogens is 3. The average molecular weight is 442 g/mol. The highest BCUT2D eigenvalue weighted by molar-refractivity contribution is 5.80. The van der Waals surface area contributed by atoms with E-state index in [1.807, 2.05) is 4.90 Å². The van der Waals surface area contributed by atoms with Gasteiger partial charge in [-0.3, -0.25) is 9.69 Å². The number of ether oxygens (including phenoxy) is 1. The molecule has 10 heteroatoms. The Kier molecular flexibility index (Phi) is 7.30. The summed E-state index contributed by atoms with van der Waals surface area (Å²) in [6.45, 7) is 4.49. The van der Waals surface area contributed by atoms with Crippen molar-refractivity contribution in [2.75, 3.05) is 53.4 Å². The number of nitrogens with zero attached hydrogens (tertiary/aromatic N) is 4. The minimum absolute atomic E-state index is 0.0162. The molecule has 0 saturated carbocycles. The molecule has 2 heterocycles. The molecule has 2 fully saturated rings. The van der Waals surface area contributed by atoms with Gasteiger partial charge in [-0.1, -0.05) is 12.1 Å². The van der Waals surface area contributed by atoms with E-state index in [1.54, 1.807) is 36.0 Å². The minimum atomic E-state index is -4.69. The predicted octanol–water partition coefficient (Wildman–Crippen LogP) is 2.62. The number of piperazine rings is 1. The monoisotopic (exact) mass is 442 g/mol. The van der Waals surface area contributed by atoms with Gasteiger partial charge in [-0.15, -0.1) is 13.2 Å². The van der Waals surface area contributed by atoms with Gasteiger partial charge in [0.15, 0.2) is 0 Å². The van der Waals surface area contributed by atoms with Crippen LogP contribution < -0.4 is 4.74 Å². The van der Waals surface area contributed by atoms with Crippen molar-refractivity contribution in [3.63, 3.8) is 0 Å². The molecule has 3 amide bonds. The fourth-order valence-corrected chi connectivity index (χ4v) is 4.04. The van der Waals surface area contributed by atoms with E-state index in [1.165, 1.54) is 12.1 Å². The van der Waals surface area contributed by atoms with E-state index in [9.17, 15) is 22.8 Å². The molecule has 3 rings (SSSR count). The molecule has 7 nitrogen and oxygen atoms in total. The number of amides is 3. The van der Waals surface area contributed by atoms with E-state index in [-0.39, 0.29) is 23.6 Å². The number of carbonyl (C=O) groups excluding carboxylic acids is 2. The van der Waals surface area contributed by atoms with Crippen LogP contribution in [0.15, 0.2) is 24.3 Å². The van der Waals surface area contributed by atoms with Crippen LogP contribution >= 0.6 is 0 Å². The molecule has 31 heavy (non-hydrogen) atoms. The smallest absolute Gasteiger partial charge is 0.406 e. The third kappa shape index (κ3) is 6.49. The Morgan fingerprint density at radius 3 is 2.06 bits per heavy atom. The van der Waals surface area contributed by atoms with Crippen molar-refractivity contribution in [3.8, 4) is 5.75 Å². The molecule has 172 valence electrons. The van der Waals surface area contributed by atoms with Crippen LogP contribution in [0, 0.1) is 5.92 Å². The second kappa shape index (κ2) is 9.76. The van der Waals surface area contributed by atoms with E-state index in [2.05, 4.69) is 9.64 Å². The van der Waals surface area contributed by atoms with E-state index in [0.717, 1.165) is 5.56 Å². The zero-order valence-corrected chi connectivity index (χ0v) is 17.9. The van der Waals surface area contributed by atoms with Crippen molar-refractivity contribution in [1.29, 1.82) is 0 Å². The topological polar surface area (TPSA) is 56.3 Å². The summed E-state index contributed by atoms with van der Waals surface area (Å²) in [4.78, 5) is 32.3. The molecule has 0 spiro atoms. The Morgan fingerprint density at radius 2 is 1.55 bits per heavy atom. The van der Waals surface area contributed by atoms with Gasteiger partial charge >= 0.3 is 12.4 Å². The molecule has 0 N–H and O–H groups in total. The number of urea groups is 1. The first-order chi connectivity index (χ1) is 14.6. The molecule has 0 radical (unpaired) electrons. The quantitative estimate of drug-likeness (QED) is 0.720. The third-order valence-corrected chi connectivity index (χ3v) is 5.74. The zero-order valence-electron chi connectivity index (χ0n) is 17.9. The fraction of sp³-hybridized carbons (Fsp3) is 0.619. The summed E-state index contributed by atoms with van der Waals surface area (Å²) < 4.78 is 40.7. The van der Waals surface area contributed by atoms with Gasteiger partial charge in [0.2, 0.25) is 5.91 Å². The molecule has 0 bridgehead atoms. The van der Waals surface area contributed by atoms with Crippen molar-refractivity contribution in [2.24, 2.45) is 5.92 Å². The minimum Gasteiger partial charge on any atom is -0.406 e. The van der Waals surface area contributed by atoms with Crippen LogP contribution in [0.1, 0.15) is 18.4 Å². The van der Waals surface area contributed by atoms with Crippen LogP contribution in [0.4, 0.5) is 18.0 Å². The summed E-state index contributed by atoms with van der Waals surface area (Å²) in [5.74, 6) is -0.116. The largest absolute Gasteiger partial charge is 0.573 e. The third-order valence-electron chi connectivity index (χ3n) is 5.74. The SMILES string of the molecule is CN(C)C(=O)N1CCC(C(=O)N2CCN(Cc3ccc(OC(F)(F)F)cc3)CC2)CC1. The molecule has 1 aromatic rings. The number of piperidine rings is 1. The van der Waals surface area contributed by atoms with Crippen LogP contribution in [0.25, 0.3) is 0 Å². The molecule has 2 aliphatic heterocycles. The van der Waals surface area contributed by atoms with Crippen molar-refractivity contribution in [2.45, 2.75) is 25.7 Å². The number of hydrogen-bond acceptors (Lipinski definition) is 4. The van der Waals surface area contributed by atoms with Crippen molar-refractivity contribution >= 4 is 11.9 Å². The second-order valence-corrected chi connectivity index (χ2v) is 8.23. The van der Waals surface area contributed by atoms with Crippen LogP contribution in [0.5, 0.6) is 5.75 Å². The maximum atomic E-state index is 12.9. The first-order valence-electron chi connectivity index (χ1n) is 10.4. The molecule has 2 saturated heterocycles. The highest BCUT2D eigenvalue weighted by atomic mass is 19.4. The molecule has 1 aromatic carbocycles. The number of carbonyl (C=O) groups is 2. The lowest BCUT2D eigenvalue weighted by Crippen LogP contribution is -2.52. The van der Waals surface area contributed by atoms with Gasteiger partial charge in [0.1, 0.15) is 5.75 Å². The van der Waals surface area contributed by atoms with E-state index >= 15 is 0 Å². The molecular formula is C21H29F3N4O3. The van der Waals surface area contributed by atoms with Gasteiger partial charge < -0.3 is 19.4 Å². The van der Waals surface area contributed by atoms with Gasteiger partial charge in [-0.25, -0.2) is 4.79 Å². The molecular weight excluding hydrogens is 413 g/mol. The average Bonchev–Trinajstić information content (AvgIpc) is 2.74. The molecule has 0 aromatic heterocycles. The second-order valence-electron chi connectivity index (χ2n) is 8.23.